The molecular formula is C17H13N5S. The number of aliphatic imine (C=N–C) groups is 1. The molecule has 4 rings (SSSR count). The van der Waals surface area contributed by atoms with Crippen LogP contribution < -0.4 is 5.73 Å². The highest BCUT2D eigenvalue weighted by molar-refractivity contribution is 7.13. The number of rotatable bonds is 3. The summed E-state index contributed by atoms with van der Waals surface area (Å²) in [4.78, 5) is 14.5. The highest BCUT2D eigenvalue weighted by Crippen LogP contribution is 2.30. The predicted molar refractivity (Wildman–Crippen MR) is 93.1 cm³/mol. The van der Waals surface area contributed by atoms with E-state index in [0.29, 0.717) is 17.3 Å². The van der Waals surface area contributed by atoms with Crippen LogP contribution in [0.3, 0.4) is 0 Å². The van der Waals surface area contributed by atoms with Crippen molar-refractivity contribution in [1.29, 1.82) is 0 Å². The number of nitrogens with zero attached hydrogens (tertiary/aromatic N) is 4. The summed E-state index contributed by atoms with van der Waals surface area (Å²) in [6.07, 6.45) is 3.67. The number of thiophene rings is 1. The Morgan fingerprint density at radius 2 is 2.00 bits per heavy atom. The Bertz CT molecular complexity index is 971. The Hall–Kier alpha value is -2.99. The molecule has 0 aromatic carbocycles. The Morgan fingerprint density at radius 1 is 1.09 bits per heavy atom. The zero-order chi connectivity index (χ0) is 15.6. The number of hydrogen-bond acceptors (Lipinski definition) is 4. The maximum Gasteiger partial charge on any atom is 0.180 e. The Labute approximate surface area is 136 Å². The van der Waals surface area contributed by atoms with Crippen LogP contribution in [0, 0.1) is 0 Å². The van der Waals surface area contributed by atoms with Crippen LogP contribution in [-0.2, 0) is 0 Å². The number of fused-ring (bicyclic) bond motifs is 1. The van der Waals surface area contributed by atoms with Crippen LogP contribution in [0.15, 0.2) is 71.3 Å². The van der Waals surface area contributed by atoms with E-state index in [1.54, 1.807) is 17.5 Å². The average molecular weight is 319 g/mol. The van der Waals surface area contributed by atoms with Crippen molar-refractivity contribution in [3.8, 4) is 10.7 Å². The summed E-state index contributed by atoms with van der Waals surface area (Å²) in [6.45, 7) is 0. The van der Waals surface area contributed by atoms with Gasteiger partial charge in [-0.2, -0.15) is 0 Å². The Kier molecular flexibility index (Phi) is 3.36. The van der Waals surface area contributed by atoms with Gasteiger partial charge in [0, 0.05) is 12.4 Å². The third-order valence-electron chi connectivity index (χ3n) is 3.42. The number of hydrogen-bond donors (Lipinski definition) is 1. The predicted octanol–water partition coefficient (Wildman–Crippen LogP) is 3.49. The van der Waals surface area contributed by atoms with Crippen molar-refractivity contribution < 1.29 is 0 Å². The van der Waals surface area contributed by atoms with E-state index in [4.69, 9.17) is 5.73 Å². The van der Waals surface area contributed by atoms with E-state index in [2.05, 4.69) is 15.0 Å². The second kappa shape index (κ2) is 5.66. The molecular weight excluding hydrogens is 306 g/mol. The molecule has 0 amide bonds. The maximum absolute atomic E-state index is 6.09. The molecule has 5 nitrogen and oxygen atoms in total. The second-order valence-electron chi connectivity index (χ2n) is 4.90. The van der Waals surface area contributed by atoms with Crippen molar-refractivity contribution in [1.82, 2.24) is 14.4 Å². The minimum Gasteiger partial charge on any atom is -0.382 e. The molecule has 0 radical (unpaired) electrons. The Morgan fingerprint density at radius 3 is 2.78 bits per heavy atom. The monoisotopic (exact) mass is 319 g/mol. The second-order valence-corrected chi connectivity index (χ2v) is 5.85. The van der Waals surface area contributed by atoms with Gasteiger partial charge in [0.1, 0.15) is 5.69 Å². The molecule has 0 spiro atoms. The summed E-state index contributed by atoms with van der Waals surface area (Å²) in [6, 6.07) is 15.5. The molecule has 23 heavy (non-hydrogen) atoms. The van der Waals surface area contributed by atoms with Crippen LogP contribution in [0.25, 0.3) is 16.2 Å². The number of nitrogens with two attached hydrogens (primary N) is 1. The number of pyridine rings is 2. The summed E-state index contributed by atoms with van der Waals surface area (Å²) in [5, 5.41) is 2.03. The van der Waals surface area contributed by atoms with Crippen molar-refractivity contribution in [2.24, 2.45) is 10.7 Å². The van der Waals surface area contributed by atoms with Crippen molar-refractivity contribution >= 4 is 28.5 Å². The fourth-order valence-corrected chi connectivity index (χ4v) is 3.08. The van der Waals surface area contributed by atoms with Crippen molar-refractivity contribution in [3.63, 3.8) is 0 Å². The topological polar surface area (TPSA) is 68.6 Å². The molecule has 4 aromatic rings. The summed E-state index contributed by atoms with van der Waals surface area (Å²) in [5.74, 6) is 1.81. The first-order valence-corrected chi connectivity index (χ1v) is 7.97. The lowest BCUT2D eigenvalue weighted by atomic mass is 10.3. The largest absolute Gasteiger partial charge is 0.382 e. The van der Waals surface area contributed by atoms with Crippen LogP contribution in [0.4, 0.5) is 5.82 Å². The first-order valence-electron chi connectivity index (χ1n) is 7.09. The van der Waals surface area contributed by atoms with Crippen LogP contribution in [-0.4, -0.2) is 20.2 Å². The molecule has 4 heterocycles. The van der Waals surface area contributed by atoms with E-state index >= 15 is 0 Å². The van der Waals surface area contributed by atoms with E-state index in [-0.39, 0.29) is 0 Å². The van der Waals surface area contributed by atoms with Crippen LogP contribution in [0.5, 0.6) is 0 Å². The van der Waals surface area contributed by atoms with E-state index in [9.17, 15) is 0 Å². The van der Waals surface area contributed by atoms with Crippen LogP contribution in [0.2, 0.25) is 0 Å². The van der Waals surface area contributed by atoms with Crippen molar-refractivity contribution in [3.05, 3.63) is 72.0 Å². The number of imidazole rings is 1. The van der Waals surface area contributed by atoms with Gasteiger partial charge in [0.2, 0.25) is 0 Å². The van der Waals surface area contributed by atoms with Gasteiger partial charge in [0.15, 0.2) is 17.5 Å². The van der Waals surface area contributed by atoms with E-state index < -0.39 is 0 Å². The first-order chi connectivity index (χ1) is 11.3. The van der Waals surface area contributed by atoms with Crippen molar-refractivity contribution in [2.45, 2.75) is 0 Å². The lowest BCUT2D eigenvalue weighted by Gasteiger charge is -1.98. The van der Waals surface area contributed by atoms with Crippen molar-refractivity contribution in [2.75, 3.05) is 0 Å². The summed E-state index contributed by atoms with van der Waals surface area (Å²) < 4.78 is 2.02. The zero-order valence-electron chi connectivity index (χ0n) is 12.1. The quantitative estimate of drug-likeness (QED) is 0.464. The molecule has 2 N–H and O–H groups in total. The first kappa shape index (κ1) is 13.7. The van der Waals surface area contributed by atoms with Crippen LogP contribution >= 0.6 is 11.3 Å². The summed E-state index contributed by atoms with van der Waals surface area (Å²) >= 11 is 1.64. The van der Waals surface area contributed by atoms with Gasteiger partial charge < -0.3 is 5.73 Å². The fourth-order valence-electron chi connectivity index (χ4n) is 2.37. The molecule has 0 saturated heterocycles. The number of amidine groups is 1. The molecule has 6 heteroatoms. The van der Waals surface area contributed by atoms with Gasteiger partial charge in [-0.15, -0.1) is 11.3 Å². The average Bonchev–Trinajstić information content (AvgIpc) is 3.24. The molecule has 4 aromatic heterocycles. The minimum atomic E-state index is 0.354. The standard InChI is InChI=1S/C17H13N5S/c18-15(12-6-1-3-9-19-12)20-16-13-7-2-4-10-22(13)17(21-16)14-8-5-11-23-14/h1-11H,(H2,18,20). The molecule has 0 unspecified atom stereocenters. The van der Waals surface area contributed by atoms with Crippen LogP contribution in [0.1, 0.15) is 5.69 Å². The van der Waals surface area contributed by atoms with E-state index in [1.165, 1.54) is 0 Å². The fraction of sp³-hybridized carbons (Fsp3) is 0. The molecule has 0 fully saturated rings. The maximum atomic E-state index is 6.09. The SMILES string of the molecule is N/C(=N\c1nc(-c2cccs2)n2ccccc12)c1ccccn1. The smallest absolute Gasteiger partial charge is 0.180 e. The van der Waals surface area contributed by atoms with Gasteiger partial charge in [-0.25, -0.2) is 9.98 Å². The van der Waals surface area contributed by atoms with Gasteiger partial charge in [0.05, 0.1) is 10.4 Å². The number of aromatic nitrogens is 3. The third-order valence-corrected chi connectivity index (χ3v) is 4.29. The van der Waals surface area contributed by atoms with Gasteiger partial charge >= 0.3 is 0 Å². The Balaban J connectivity index is 1.88. The summed E-state index contributed by atoms with van der Waals surface area (Å²) in [5.41, 5.74) is 7.64. The molecule has 0 aliphatic rings. The van der Waals surface area contributed by atoms with Gasteiger partial charge in [-0.1, -0.05) is 18.2 Å². The molecule has 0 atom stereocenters. The van der Waals surface area contributed by atoms with Gasteiger partial charge in [-0.3, -0.25) is 9.38 Å². The molecule has 0 aliphatic carbocycles. The van der Waals surface area contributed by atoms with E-state index in [1.807, 2.05) is 64.5 Å². The molecule has 0 saturated carbocycles. The lowest BCUT2D eigenvalue weighted by Crippen LogP contribution is -2.14. The lowest BCUT2D eigenvalue weighted by molar-refractivity contribution is 1.17. The highest BCUT2D eigenvalue weighted by atomic mass is 32.1. The zero-order valence-corrected chi connectivity index (χ0v) is 12.9. The summed E-state index contributed by atoms with van der Waals surface area (Å²) in [7, 11) is 0. The molecule has 112 valence electrons. The highest BCUT2D eigenvalue weighted by Gasteiger charge is 2.13. The minimum absolute atomic E-state index is 0.354. The normalized spacial score (nSPS) is 11.9. The van der Waals surface area contributed by atoms with Gasteiger partial charge in [-0.05, 0) is 35.7 Å². The third kappa shape index (κ3) is 2.49. The van der Waals surface area contributed by atoms with Gasteiger partial charge in [0.25, 0.3) is 0 Å². The molecule has 0 bridgehead atoms. The van der Waals surface area contributed by atoms with E-state index in [0.717, 1.165) is 16.2 Å². The molecule has 0 aliphatic heterocycles.